The van der Waals surface area contributed by atoms with Crippen LogP contribution in [-0.2, 0) is 6.54 Å². The Hall–Kier alpha value is -2.59. The van der Waals surface area contributed by atoms with Crippen LogP contribution in [0.4, 0.5) is 0 Å². The number of aryl methyl sites for hydroxylation is 1. The Bertz CT molecular complexity index is 859. The molecule has 3 aromatic rings. The molecule has 4 heteroatoms. The lowest BCUT2D eigenvalue weighted by Gasteiger charge is -2.31. The number of hydrogen-bond acceptors (Lipinski definition) is 2. The van der Waals surface area contributed by atoms with Crippen molar-refractivity contribution in [3.05, 3.63) is 71.5 Å². The van der Waals surface area contributed by atoms with Crippen molar-refractivity contribution in [2.24, 2.45) is 0 Å². The fourth-order valence-electron chi connectivity index (χ4n) is 3.56. The summed E-state index contributed by atoms with van der Waals surface area (Å²) in [7, 11) is 0. The van der Waals surface area contributed by atoms with E-state index in [4.69, 9.17) is 4.42 Å². The number of piperazine rings is 1. The van der Waals surface area contributed by atoms with Gasteiger partial charge in [0.1, 0.15) is 12.1 Å². The van der Waals surface area contributed by atoms with Crippen LogP contribution in [0, 0.1) is 6.92 Å². The van der Waals surface area contributed by atoms with Gasteiger partial charge >= 0.3 is 0 Å². The molecule has 2 heterocycles. The number of quaternary nitrogens is 1. The zero-order chi connectivity index (χ0) is 17.2. The summed E-state index contributed by atoms with van der Waals surface area (Å²) >= 11 is 0. The minimum Gasteiger partial charge on any atom is -0.451 e. The van der Waals surface area contributed by atoms with Gasteiger partial charge in [0.25, 0.3) is 5.91 Å². The topological polar surface area (TPSA) is 37.9 Å². The number of amides is 1. The van der Waals surface area contributed by atoms with E-state index in [1.165, 1.54) is 16.0 Å². The quantitative estimate of drug-likeness (QED) is 0.797. The predicted octanol–water partition coefficient (Wildman–Crippen LogP) is 2.28. The number of rotatable bonds is 3. The fraction of sp³-hybridized carbons (Fsp3) is 0.286. The number of nitrogens with zero attached hydrogens (tertiary/aromatic N) is 1. The molecule has 0 aliphatic carbocycles. The first-order valence-electron chi connectivity index (χ1n) is 8.86. The van der Waals surface area contributed by atoms with Crippen molar-refractivity contribution in [3.8, 4) is 0 Å². The van der Waals surface area contributed by atoms with Crippen LogP contribution in [0.15, 0.2) is 59.0 Å². The van der Waals surface area contributed by atoms with Crippen LogP contribution in [0.25, 0.3) is 11.0 Å². The largest absolute Gasteiger partial charge is 0.451 e. The van der Waals surface area contributed by atoms with Gasteiger partial charge in [-0.2, -0.15) is 0 Å². The van der Waals surface area contributed by atoms with Crippen molar-refractivity contribution in [2.45, 2.75) is 13.5 Å². The molecule has 0 bridgehead atoms. The lowest BCUT2D eigenvalue weighted by Crippen LogP contribution is -3.13. The molecule has 128 valence electrons. The number of fused-ring (bicyclic) bond motifs is 1. The van der Waals surface area contributed by atoms with Gasteiger partial charge in [0.05, 0.1) is 26.2 Å². The SMILES string of the molecule is Cc1cccc(C[NH+]2CCN(C(=O)c3cc4ccccc4o3)CC2)c1. The Morgan fingerprint density at radius 3 is 2.64 bits per heavy atom. The highest BCUT2D eigenvalue weighted by molar-refractivity contribution is 5.96. The summed E-state index contributed by atoms with van der Waals surface area (Å²) in [5.41, 5.74) is 3.44. The smallest absolute Gasteiger partial charge is 0.290 e. The number of nitrogens with one attached hydrogen (secondary N) is 1. The summed E-state index contributed by atoms with van der Waals surface area (Å²) < 4.78 is 5.72. The van der Waals surface area contributed by atoms with Crippen LogP contribution in [0.2, 0.25) is 0 Å². The molecule has 1 amide bonds. The van der Waals surface area contributed by atoms with E-state index < -0.39 is 0 Å². The highest BCUT2D eigenvalue weighted by atomic mass is 16.3. The first-order valence-corrected chi connectivity index (χ1v) is 8.86. The zero-order valence-electron chi connectivity index (χ0n) is 14.5. The molecule has 1 fully saturated rings. The molecule has 0 radical (unpaired) electrons. The second kappa shape index (κ2) is 6.73. The third kappa shape index (κ3) is 3.44. The van der Waals surface area contributed by atoms with E-state index in [0.717, 1.165) is 43.7 Å². The number of benzene rings is 2. The Labute approximate surface area is 147 Å². The van der Waals surface area contributed by atoms with E-state index in [1.54, 1.807) is 0 Å². The summed E-state index contributed by atoms with van der Waals surface area (Å²) in [6.07, 6.45) is 0. The Morgan fingerprint density at radius 2 is 1.88 bits per heavy atom. The van der Waals surface area contributed by atoms with E-state index in [2.05, 4.69) is 31.2 Å². The average molecular weight is 335 g/mol. The molecular formula is C21H23N2O2+. The molecule has 4 rings (SSSR count). The Balaban J connectivity index is 1.38. The van der Waals surface area contributed by atoms with Crippen LogP contribution >= 0.6 is 0 Å². The van der Waals surface area contributed by atoms with Gasteiger partial charge in [-0.1, -0.05) is 48.0 Å². The molecule has 1 aliphatic rings. The first kappa shape index (κ1) is 15.9. The van der Waals surface area contributed by atoms with Gasteiger partial charge in [0.2, 0.25) is 0 Å². The molecule has 4 nitrogen and oxygen atoms in total. The van der Waals surface area contributed by atoms with Crippen molar-refractivity contribution >= 4 is 16.9 Å². The van der Waals surface area contributed by atoms with Gasteiger partial charge < -0.3 is 14.2 Å². The standard InChI is InChI=1S/C21H22N2O2/c1-16-5-4-6-17(13-16)15-22-9-11-23(12-10-22)21(24)20-14-18-7-2-3-8-19(18)25-20/h2-8,13-14H,9-12,15H2,1H3/p+1. The second-order valence-electron chi connectivity index (χ2n) is 6.86. The highest BCUT2D eigenvalue weighted by Gasteiger charge is 2.26. The second-order valence-corrected chi connectivity index (χ2v) is 6.86. The summed E-state index contributed by atoms with van der Waals surface area (Å²) in [6.45, 7) is 6.64. The summed E-state index contributed by atoms with van der Waals surface area (Å²) in [5.74, 6) is 0.453. The van der Waals surface area contributed by atoms with E-state index in [1.807, 2.05) is 35.2 Å². The predicted molar refractivity (Wildman–Crippen MR) is 97.7 cm³/mol. The number of hydrogen-bond donors (Lipinski definition) is 1. The molecule has 1 aromatic heterocycles. The number of carbonyl (C=O) groups excluding carboxylic acids is 1. The minimum absolute atomic E-state index is 0.00538. The molecule has 1 N–H and O–H groups in total. The summed E-state index contributed by atoms with van der Waals surface area (Å²) in [5, 5.41) is 0.981. The van der Waals surface area contributed by atoms with Gasteiger partial charge in [-0.25, -0.2) is 0 Å². The normalized spacial score (nSPS) is 15.6. The van der Waals surface area contributed by atoms with Gasteiger partial charge in [-0.05, 0) is 19.1 Å². The molecule has 0 spiro atoms. The summed E-state index contributed by atoms with van der Waals surface area (Å²) in [6, 6.07) is 18.3. The maximum Gasteiger partial charge on any atom is 0.290 e. The number of carbonyl (C=O) groups is 1. The first-order chi connectivity index (χ1) is 12.2. The van der Waals surface area contributed by atoms with Crippen LogP contribution in [0.5, 0.6) is 0 Å². The third-order valence-corrected chi connectivity index (χ3v) is 4.93. The Morgan fingerprint density at radius 1 is 1.08 bits per heavy atom. The number of para-hydroxylation sites is 1. The molecule has 2 aromatic carbocycles. The van der Waals surface area contributed by atoms with Crippen molar-refractivity contribution in [2.75, 3.05) is 26.2 Å². The van der Waals surface area contributed by atoms with Gasteiger partial charge in [-0.15, -0.1) is 0 Å². The lowest BCUT2D eigenvalue weighted by atomic mass is 10.1. The molecule has 0 saturated carbocycles. The summed E-state index contributed by atoms with van der Waals surface area (Å²) in [4.78, 5) is 16.1. The van der Waals surface area contributed by atoms with Crippen LogP contribution in [0.3, 0.4) is 0 Å². The maximum absolute atomic E-state index is 12.7. The molecule has 25 heavy (non-hydrogen) atoms. The Kier molecular flexibility index (Phi) is 4.28. The highest BCUT2D eigenvalue weighted by Crippen LogP contribution is 2.20. The van der Waals surface area contributed by atoms with E-state index >= 15 is 0 Å². The fourth-order valence-corrected chi connectivity index (χ4v) is 3.56. The van der Waals surface area contributed by atoms with Crippen molar-refractivity contribution < 1.29 is 14.1 Å². The van der Waals surface area contributed by atoms with Crippen LogP contribution < -0.4 is 4.90 Å². The average Bonchev–Trinajstić information content (AvgIpc) is 3.06. The monoisotopic (exact) mass is 335 g/mol. The van der Waals surface area contributed by atoms with Gasteiger partial charge in [-0.3, -0.25) is 4.79 Å². The lowest BCUT2D eigenvalue weighted by molar-refractivity contribution is -0.917. The van der Waals surface area contributed by atoms with E-state index in [9.17, 15) is 4.79 Å². The third-order valence-electron chi connectivity index (χ3n) is 4.93. The van der Waals surface area contributed by atoms with E-state index in [0.29, 0.717) is 5.76 Å². The van der Waals surface area contributed by atoms with Gasteiger partial charge in [0.15, 0.2) is 5.76 Å². The molecular weight excluding hydrogens is 312 g/mol. The van der Waals surface area contributed by atoms with Gasteiger partial charge in [0, 0.05) is 10.9 Å². The van der Waals surface area contributed by atoms with Crippen molar-refractivity contribution in [1.29, 1.82) is 0 Å². The van der Waals surface area contributed by atoms with Crippen LogP contribution in [-0.4, -0.2) is 37.0 Å². The molecule has 0 atom stereocenters. The number of furan rings is 1. The van der Waals surface area contributed by atoms with Crippen LogP contribution in [0.1, 0.15) is 21.7 Å². The zero-order valence-corrected chi connectivity index (χ0v) is 14.5. The maximum atomic E-state index is 12.7. The van der Waals surface area contributed by atoms with Crippen molar-refractivity contribution in [3.63, 3.8) is 0 Å². The molecule has 1 aliphatic heterocycles. The minimum atomic E-state index is 0.00538. The van der Waals surface area contributed by atoms with Crippen molar-refractivity contribution in [1.82, 2.24) is 4.90 Å². The molecule has 0 unspecified atom stereocenters. The molecule has 1 saturated heterocycles. The van der Waals surface area contributed by atoms with E-state index in [-0.39, 0.29) is 5.91 Å².